The molecule has 0 bridgehead atoms. The first kappa shape index (κ1) is 27.2. The summed E-state index contributed by atoms with van der Waals surface area (Å²) in [6, 6.07) is 6.36. The monoisotopic (exact) mass is 532 g/mol. The summed E-state index contributed by atoms with van der Waals surface area (Å²) in [4.78, 5) is 0. The summed E-state index contributed by atoms with van der Waals surface area (Å²) in [7, 11) is 0. The number of benzene rings is 2. The van der Waals surface area contributed by atoms with E-state index in [0.717, 1.165) is 37.7 Å². The van der Waals surface area contributed by atoms with E-state index in [0.29, 0.717) is 37.9 Å². The highest BCUT2D eigenvalue weighted by Gasteiger charge is 2.32. The van der Waals surface area contributed by atoms with Gasteiger partial charge in [0.1, 0.15) is 6.10 Å². The summed E-state index contributed by atoms with van der Waals surface area (Å²) >= 11 is 0. The Morgan fingerprint density at radius 2 is 1.63 bits per heavy atom. The van der Waals surface area contributed by atoms with Crippen molar-refractivity contribution in [1.82, 2.24) is 0 Å². The summed E-state index contributed by atoms with van der Waals surface area (Å²) in [6.07, 6.45) is 7.76. The lowest BCUT2D eigenvalue weighted by molar-refractivity contribution is 0.0934. The lowest BCUT2D eigenvalue weighted by Crippen LogP contribution is -2.22. The topological polar surface area (TPSA) is 42.0 Å². The molecule has 38 heavy (non-hydrogen) atoms. The van der Waals surface area contributed by atoms with Crippen molar-refractivity contribution < 1.29 is 32.1 Å². The number of allylic oxidation sites excluding steroid dienone is 2. The van der Waals surface area contributed by atoms with Crippen molar-refractivity contribution in [3.8, 4) is 5.75 Å². The zero-order chi connectivity index (χ0) is 26.8. The molecular weight excluding hydrogens is 496 g/mol. The van der Waals surface area contributed by atoms with Crippen molar-refractivity contribution in [2.24, 2.45) is 11.8 Å². The fourth-order valence-corrected chi connectivity index (χ4v) is 6.09. The summed E-state index contributed by atoms with van der Waals surface area (Å²) in [6.45, 7) is 2.71. The lowest BCUT2D eigenvalue weighted by Gasteiger charge is -2.29. The zero-order valence-corrected chi connectivity index (χ0v) is 21.8. The number of rotatable bonds is 9. The quantitative estimate of drug-likeness (QED) is 0.263. The van der Waals surface area contributed by atoms with Crippen molar-refractivity contribution in [1.29, 1.82) is 0 Å². The third kappa shape index (κ3) is 5.79. The van der Waals surface area contributed by atoms with Crippen molar-refractivity contribution in [2.45, 2.75) is 82.8 Å². The molecule has 2 aliphatic carbocycles. The Morgan fingerprint density at radius 3 is 2.29 bits per heavy atom. The Labute approximate surface area is 221 Å². The van der Waals surface area contributed by atoms with Crippen LogP contribution in [0.5, 0.6) is 5.75 Å². The molecule has 1 saturated carbocycles. The molecule has 1 heterocycles. The highest BCUT2D eigenvalue weighted by Crippen LogP contribution is 2.41. The average molecular weight is 533 g/mol. The number of aliphatic hydroxyl groups is 1. The summed E-state index contributed by atoms with van der Waals surface area (Å²) in [5.41, 5.74) is 1.71. The van der Waals surface area contributed by atoms with Gasteiger partial charge in [0.15, 0.2) is 23.2 Å². The van der Waals surface area contributed by atoms with E-state index in [1.807, 2.05) is 13.0 Å². The van der Waals surface area contributed by atoms with Crippen molar-refractivity contribution in [3.05, 3.63) is 70.3 Å². The van der Waals surface area contributed by atoms with Gasteiger partial charge in [0.2, 0.25) is 5.82 Å². The molecule has 0 aromatic heterocycles. The second kappa shape index (κ2) is 11.8. The van der Waals surface area contributed by atoms with Crippen LogP contribution in [0.2, 0.25) is 0 Å². The van der Waals surface area contributed by atoms with Crippen LogP contribution in [0.25, 0.3) is 5.57 Å². The molecule has 3 aliphatic rings. The molecule has 206 valence electrons. The summed E-state index contributed by atoms with van der Waals surface area (Å²) in [5, 5.41) is 10.2. The molecule has 2 fully saturated rings. The predicted octanol–water partition coefficient (Wildman–Crippen LogP) is 8.01. The SMILES string of the molecule is CCCC(O)C1CC=C(c2ccc(OCC3CCC(c4ccc(C5CO5)c(F)c4F)CC3)c(F)c2F)CC1. The molecule has 5 rings (SSSR count). The van der Waals surface area contributed by atoms with Crippen LogP contribution >= 0.6 is 0 Å². The number of hydrogen-bond donors (Lipinski definition) is 1. The van der Waals surface area contributed by atoms with E-state index in [1.165, 1.54) is 6.07 Å². The van der Waals surface area contributed by atoms with Crippen LogP contribution in [0.15, 0.2) is 30.3 Å². The molecule has 1 saturated heterocycles. The van der Waals surface area contributed by atoms with Crippen LogP contribution in [0.3, 0.4) is 0 Å². The molecule has 1 N–H and O–H groups in total. The maximum atomic E-state index is 15.0. The Morgan fingerprint density at radius 1 is 0.921 bits per heavy atom. The highest BCUT2D eigenvalue weighted by molar-refractivity contribution is 5.67. The fourth-order valence-electron chi connectivity index (χ4n) is 6.09. The van der Waals surface area contributed by atoms with Crippen LogP contribution in [-0.4, -0.2) is 24.4 Å². The molecule has 3 nitrogen and oxygen atoms in total. The van der Waals surface area contributed by atoms with E-state index < -0.39 is 23.3 Å². The first-order chi connectivity index (χ1) is 18.4. The van der Waals surface area contributed by atoms with E-state index in [4.69, 9.17) is 9.47 Å². The van der Waals surface area contributed by atoms with Crippen LogP contribution in [0.1, 0.15) is 93.4 Å². The minimum atomic E-state index is -0.984. The number of halogens is 4. The van der Waals surface area contributed by atoms with E-state index in [1.54, 1.807) is 18.2 Å². The third-order valence-electron chi connectivity index (χ3n) is 8.56. The first-order valence-corrected chi connectivity index (χ1v) is 13.9. The van der Waals surface area contributed by atoms with Gasteiger partial charge >= 0.3 is 0 Å². The second-order valence-corrected chi connectivity index (χ2v) is 11.1. The number of aliphatic hydroxyl groups excluding tert-OH is 1. The molecule has 7 heteroatoms. The van der Waals surface area contributed by atoms with Gasteiger partial charge in [-0.25, -0.2) is 13.2 Å². The summed E-state index contributed by atoms with van der Waals surface area (Å²) < 4.78 is 69.7. The first-order valence-electron chi connectivity index (χ1n) is 13.9. The van der Waals surface area contributed by atoms with E-state index in [-0.39, 0.29) is 53.4 Å². The van der Waals surface area contributed by atoms with Crippen LogP contribution in [0.4, 0.5) is 17.6 Å². The van der Waals surface area contributed by atoms with E-state index >= 15 is 0 Å². The number of epoxide rings is 1. The molecule has 1 aliphatic heterocycles. The maximum Gasteiger partial charge on any atom is 0.201 e. The van der Waals surface area contributed by atoms with Gasteiger partial charge in [0, 0.05) is 11.1 Å². The Hall–Kier alpha value is -2.38. The Kier molecular flexibility index (Phi) is 8.44. The molecule has 3 unspecified atom stereocenters. The summed E-state index contributed by atoms with van der Waals surface area (Å²) in [5.74, 6) is -3.36. The Balaban J connectivity index is 1.15. The smallest absolute Gasteiger partial charge is 0.201 e. The molecule has 2 aromatic rings. The largest absolute Gasteiger partial charge is 0.490 e. The molecule has 0 amide bonds. The predicted molar refractivity (Wildman–Crippen MR) is 138 cm³/mol. The second-order valence-electron chi connectivity index (χ2n) is 11.1. The Bertz CT molecular complexity index is 1170. The van der Waals surface area contributed by atoms with Gasteiger partial charge in [-0.05, 0) is 92.4 Å². The number of hydrogen-bond acceptors (Lipinski definition) is 3. The fraction of sp³-hybridized carbons (Fsp3) is 0.548. The van der Waals surface area contributed by atoms with Gasteiger partial charge in [0.05, 0.1) is 19.3 Å². The zero-order valence-electron chi connectivity index (χ0n) is 21.8. The van der Waals surface area contributed by atoms with Crippen LogP contribution in [-0.2, 0) is 4.74 Å². The maximum absolute atomic E-state index is 15.0. The van der Waals surface area contributed by atoms with Gasteiger partial charge in [-0.1, -0.05) is 31.6 Å². The van der Waals surface area contributed by atoms with Crippen molar-refractivity contribution in [3.63, 3.8) is 0 Å². The standard InChI is InChI=1S/C31H36F4O3/c1-2-3-25(36)21-10-8-20(9-11-21)23-14-15-26(31(35)29(23)33)37-16-18-4-6-19(7-5-18)22-12-13-24(27-17-38-27)30(34)28(22)32/h8,12-15,18-19,21,25,27,36H,2-7,9-11,16-17H2,1H3. The van der Waals surface area contributed by atoms with Gasteiger partial charge in [-0.2, -0.15) is 4.39 Å². The van der Waals surface area contributed by atoms with Gasteiger partial charge in [0.25, 0.3) is 0 Å². The molecule has 2 aromatic carbocycles. The van der Waals surface area contributed by atoms with Gasteiger partial charge in [-0.15, -0.1) is 0 Å². The van der Waals surface area contributed by atoms with Crippen molar-refractivity contribution >= 4 is 5.57 Å². The minimum absolute atomic E-state index is 0.0742. The molecule has 0 spiro atoms. The molecule has 0 radical (unpaired) electrons. The van der Waals surface area contributed by atoms with Crippen molar-refractivity contribution in [2.75, 3.05) is 13.2 Å². The highest BCUT2D eigenvalue weighted by atomic mass is 19.2. The molecule has 3 atom stereocenters. The third-order valence-corrected chi connectivity index (χ3v) is 8.56. The molecular formula is C31H36F4O3. The lowest BCUT2D eigenvalue weighted by atomic mass is 9.78. The van der Waals surface area contributed by atoms with Crippen LogP contribution < -0.4 is 4.74 Å². The average Bonchev–Trinajstić information content (AvgIpc) is 3.77. The number of ether oxygens (including phenoxy) is 2. The van der Waals surface area contributed by atoms with E-state index in [9.17, 15) is 22.7 Å². The van der Waals surface area contributed by atoms with Gasteiger partial charge in [-0.3, -0.25) is 0 Å². The minimum Gasteiger partial charge on any atom is -0.490 e. The van der Waals surface area contributed by atoms with Crippen LogP contribution in [0, 0.1) is 35.1 Å². The van der Waals surface area contributed by atoms with E-state index in [2.05, 4.69) is 0 Å². The normalized spacial score (nSPS) is 26.1. The van der Waals surface area contributed by atoms with Gasteiger partial charge < -0.3 is 14.6 Å².